The van der Waals surface area contributed by atoms with Gasteiger partial charge >= 0.3 is 0 Å². The molecule has 0 spiro atoms. The molecule has 1 fully saturated rings. The molecule has 4 heteroatoms. The Morgan fingerprint density at radius 3 is 1.86 bits per heavy atom. The maximum absolute atomic E-state index is 11.4. The molecule has 1 aliphatic rings. The normalized spacial score (nSPS) is 14.5. The lowest BCUT2D eigenvalue weighted by Crippen LogP contribution is -2.30. The topological polar surface area (TPSA) is 40.6 Å². The van der Waals surface area contributed by atoms with Crippen molar-refractivity contribution in [2.45, 2.75) is 32.1 Å². The fourth-order valence-corrected chi connectivity index (χ4v) is 2.55. The van der Waals surface area contributed by atoms with Crippen LogP contribution in [0.5, 0.6) is 0 Å². The standard InChI is InChI=1S/C9H17NO.C9H11NO/c2*1-10(2)9(11)8-6-4-3-5-7-8/h8H,3-7H2,1-2H3;3-7H,1-2H3. The van der Waals surface area contributed by atoms with Crippen molar-refractivity contribution < 1.29 is 9.59 Å². The summed E-state index contributed by atoms with van der Waals surface area (Å²) in [6, 6.07) is 9.23. The summed E-state index contributed by atoms with van der Waals surface area (Å²) in [5.41, 5.74) is 0.734. The smallest absolute Gasteiger partial charge is 0.253 e. The van der Waals surface area contributed by atoms with E-state index in [1.165, 1.54) is 19.3 Å². The van der Waals surface area contributed by atoms with E-state index in [-0.39, 0.29) is 5.91 Å². The van der Waals surface area contributed by atoms with Crippen LogP contribution in [0.1, 0.15) is 42.5 Å². The number of benzene rings is 1. The van der Waals surface area contributed by atoms with Crippen molar-refractivity contribution >= 4 is 11.8 Å². The van der Waals surface area contributed by atoms with Gasteiger partial charge in [0.25, 0.3) is 5.91 Å². The lowest BCUT2D eigenvalue weighted by Gasteiger charge is -2.23. The van der Waals surface area contributed by atoms with Gasteiger partial charge in [0.05, 0.1) is 0 Å². The highest BCUT2D eigenvalue weighted by molar-refractivity contribution is 5.93. The van der Waals surface area contributed by atoms with Crippen LogP contribution in [0.3, 0.4) is 0 Å². The lowest BCUT2D eigenvalue weighted by molar-refractivity contribution is -0.133. The minimum atomic E-state index is 0.0469. The van der Waals surface area contributed by atoms with Gasteiger partial charge < -0.3 is 9.80 Å². The van der Waals surface area contributed by atoms with Gasteiger partial charge in [-0.1, -0.05) is 37.5 Å². The Kier molecular flexibility index (Phi) is 7.64. The number of hydrogen-bond acceptors (Lipinski definition) is 2. The molecule has 2 rings (SSSR count). The summed E-state index contributed by atoms with van der Waals surface area (Å²) in [6.07, 6.45) is 6.01. The first kappa shape index (κ1) is 18.2. The van der Waals surface area contributed by atoms with Crippen LogP contribution in [0.15, 0.2) is 30.3 Å². The number of carbonyl (C=O) groups excluding carboxylic acids is 2. The summed E-state index contributed by atoms with van der Waals surface area (Å²) < 4.78 is 0. The zero-order valence-corrected chi connectivity index (χ0v) is 14.2. The van der Waals surface area contributed by atoms with Crippen LogP contribution >= 0.6 is 0 Å². The van der Waals surface area contributed by atoms with Gasteiger partial charge in [-0.25, -0.2) is 0 Å². The van der Waals surface area contributed by atoms with E-state index in [0.29, 0.717) is 11.8 Å². The molecule has 1 aliphatic carbocycles. The number of nitrogens with zero attached hydrogens (tertiary/aromatic N) is 2. The molecule has 4 nitrogen and oxygen atoms in total. The van der Waals surface area contributed by atoms with E-state index in [4.69, 9.17) is 0 Å². The van der Waals surface area contributed by atoms with Gasteiger partial charge in [-0.05, 0) is 25.0 Å². The molecule has 22 heavy (non-hydrogen) atoms. The van der Waals surface area contributed by atoms with Crippen LogP contribution in [-0.2, 0) is 4.79 Å². The second kappa shape index (κ2) is 9.23. The highest BCUT2D eigenvalue weighted by Crippen LogP contribution is 2.24. The van der Waals surface area contributed by atoms with Crippen LogP contribution in [-0.4, -0.2) is 49.8 Å². The SMILES string of the molecule is CN(C)C(=O)C1CCCCC1.CN(C)C(=O)c1ccccc1. The predicted octanol–water partition coefficient (Wildman–Crippen LogP) is 3.04. The average molecular weight is 304 g/mol. The molecule has 0 N–H and O–H groups in total. The van der Waals surface area contributed by atoms with Crippen molar-refractivity contribution in [2.24, 2.45) is 5.92 Å². The van der Waals surface area contributed by atoms with Crippen molar-refractivity contribution in [1.29, 1.82) is 0 Å². The summed E-state index contributed by atoms with van der Waals surface area (Å²) in [5, 5.41) is 0. The summed E-state index contributed by atoms with van der Waals surface area (Å²) in [4.78, 5) is 26.0. The van der Waals surface area contributed by atoms with E-state index in [2.05, 4.69) is 0 Å². The van der Waals surface area contributed by atoms with E-state index >= 15 is 0 Å². The second-order valence-electron chi connectivity index (χ2n) is 6.13. The van der Waals surface area contributed by atoms with E-state index < -0.39 is 0 Å². The highest BCUT2D eigenvalue weighted by atomic mass is 16.2. The third-order valence-corrected chi connectivity index (χ3v) is 3.82. The maximum atomic E-state index is 11.4. The molecule has 2 amide bonds. The number of amides is 2. The Morgan fingerprint density at radius 1 is 0.864 bits per heavy atom. The molecule has 1 aromatic carbocycles. The minimum Gasteiger partial charge on any atom is -0.349 e. The van der Waals surface area contributed by atoms with Crippen LogP contribution in [0.2, 0.25) is 0 Å². The highest BCUT2D eigenvalue weighted by Gasteiger charge is 2.21. The molecule has 0 aromatic heterocycles. The van der Waals surface area contributed by atoms with Crippen LogP contribution in [0.25, 0.3) is 0 Å². The number of rotatable bonds is 2. The summed E-state index contributed by atoms with van der Waals surface area (Å²) in [7, 11) is 7.18. The van der Waals surface area contributed by atoms with Gasteiger partial charge in [-0.15, -0.1) is 0 Å². The number of hydrogen-bond donors (Lipinski definition) is 0. The third kappa shape index (κ3) is 5.88. The lowest BCUT2D eigenvalue weighted by atomic mass is 9.88. The van der Waals surface area contributed by atoms with Crippen LogP contribution < -0.4 is 0 Å². The minimum absolute atomic E-state index is 0.0469. The first-order chi connectivity index (χ1) is 10.4. The Hall–Kier alpha value is -1.84. The second-order valence-corrected chi connectivity index (χ2v) is 6.13. The van der Waals surface area contributed by atoms with E-state index in [1.807, 2.05) is 44.4 Å². The van der Waals surface area contributed by atoms with Crippen molar-refractivity contribution in [3.05, 3.63) is 35.9 Å². The molecule has 0 radical (unpaired) electrons. The maximum Gasteiger partial charge on any atom is 0.253 e. The molecule has 0 atom stereocenters. The van der Waals surface area contributed by atoms with Crippen LogP contribution in [0, 0.1) is 5.92 Å². The predicted molar refractivity (Wildman–Crippen MR) is 89.7 cm³/mol. The first-order valence-electron chi connectivity index (χ1n) is 7.91. The third-order valence-electron chi connectivity index (χ3n) is 3.82. The molecule has 0 bridgehead atoms. The molecule has 0 aliphatic heterocycles. The zero-order chi connectivity index (χ0) is 16.5. The van der Waals surface area contributed by atoms with E-state index in [9.17, 15) is 9.59 Å². The van der Waals surface area contributed by atoms with Gasteiger partial charge in [0, 0.05) is 39.7 Å². The molecule has 0 heterocycles. The van der Waals surface area contributed by atoms with Gasteiger partial charge in [-0.2, -0.15) is 0 Å². The van der Waals surface area contributed by atoms with Gasteiger partial charge in [0.1, 0.15) is 0 Å². The summed E-state index contributed by atoms with van der Waals surface area (Å²) >= 11 is 0. The monoisotopic (exact) mass is 304 g/mol. The summed E-state index contributed by atoms with van der Waals surface area (Å²) in [6.45, 7) is 0. The summed E-state index contributed by atoms with van der Waals surface area (Å²) in [5.74, 6) is 0.703. The Balaban J connectivity index is 0.000000220. The molecular weight excluding hydrogens is 276 g/mol. The number of carbonyl (C=O) groups is 2. The fourth-order valence-electron chi connectivity index (χ4n) is 2.55. The van der Waals surface area contributed by atoms with E-state index in [1.54, 1.807) is 23.9 Å². The fraction of sp³-hybridized carbons (Fsp3) is 0.556. The molecule has 0 saturated heterocycles. The quantitative estimate of drug-likeness (QED) is 0.842. The van der Waals surface area contributed by atoms with Crippen molar-refractivity contribution in [3.63, 3.8) is 0 Å². The molecule has 122 valence electrons. The zero-order valence-electron chi connectivity index (χ0n) is 14.2. The Morgan fingerprint density at radius 2 is 1.41 bits per heavy atom. The van der Waals surface area contributed by atoms with Crippen molar-refractivity contribution in [1.82, 2.24) is 9.80 Å². The molecule has 1 aromatic rings. The Bertz CT molecular complexity index is 463. The van der Waals surface area contributed by atoms with Crippen molar-refractivity contribution in [3.8, 4) is 0 Å². The van der Waals surface area contributed by atoms with Crippen LogP contribution in [0.4, 0.5) is 0 Å². The average Bonchev–Trinajstić information content (AvgIpc) is 2.55. The molecule has 1 saturated carbocycles. The first-order valence-corrected chi connectivity index (χ1v) is 7.91. The van der Waals surface area contributed by atoms with Gasteiger partial charge in [0.15, 0.2) is 0 Å². The molecular formula is C18H28N2O2. The van der Waals surface area contributed by atoms with Crippen molar-refractivity contribution in [2.75, 3.05) is 28.2 Å². The van der Waals surface area contributed by atoms with Gasteiger partial charge in [0.2, 0.25) is 5.91 Å². The largest absolute Gasteiger partial charge is 0.349 e. The Labute approximate surface area is 134 Å². The molecule has 0 unspecified atom stereocenters. The van der Waals surface area contributed by atoms with Gasteiger partial charge in [-0.3, -0.25) is 9.59 Å². The van der Waals surface area contributed by atoms with E-state index in [0.717, 1.165) is 18.4 Å².